The molecule has 0 saturated heterocycles. The molecule has 0 bridgehead atoms. The maximum absolute atomic E-state index is 2.37. The Morgan fingerprint density at radius 1 is 0.842 bits per heavy atom. The van der Waals surface area contributed by atoms with E-state index in [0.29, 0.717) is 0 Å². The molecule has 0 aromatic rings. The van der Waals surface area contributed by atoms with Gasteiger partial charge in [-0.1, -0.05) is 12.8 Å². The number of fused-ring (bicyclic) bond motifs is 2. The van der Waals surface area contributed by atoms with Crippen molar-refractivity contribution in [1.29, 1.82) is 0 Å². The van der Waals surface area contributed by atoms with Crippen molar-refractivity contribution in [3.8, 4) is 0 Å². The van der Waals surface area contributed by atoms with Crippen molar-refractivity contribution < 1.29 is 29.1 Å². The van der Waals surface area contributed by atoms with Gasteiger partial charge in [-0.3, -0.25) is 0 Å². The minimum Gasteiger partial charge on any atom is -1.00 e. The molecule has 4 rings (SSSR count). The second-order valence-corrected chi connectivity index (χ2v) is 5.62. The molecule has 0 N–H and O–H groups in total. The summed E-state index contributed by atoms with van der Waals surface area (Å²) in [7, 11) is 0. The van der Waals surface area contributed by atoms with E-state index < -0.39 is 0 Å². The molecule has 0 heterocycles. The molecule has 0 aliphatic heterocycles. The first-order valence-electron chi connectivity index (χ1n) is 7.33. The quantitative estimate of drug-likeness (QED) is 0.535. The average molecular weight is 332 g/mol. The molecule has 0 amide bonds. The summed E-state index contributed by atoms with van der Waals surface area (Å²) in [6, 6.07) is 0. The van der Waals surface area contributed by atoms with Crippen molar-refractivity contribution in [3.63, 3.8) is 0 Å². The fourth-order valence-corrected chi connectivity index (χ4v) is 3.33. The van der Waals surface area contributed by atoms with E-state index in [2.05, 4.69) is 49.3 Å². The van der Waals surface area contributed by atoms with Gasteiger partial charge >= 0.3 is 26.2 Å². The Hall–Kier alpha value is -0.417. The zero-order valence-electron chi connectivity index (χ0n) is 13.5. The summed E-state index contributed by atoms with van der Waals surface area (Å²) in [6.45, 7) is 0. The fraction of sp³-hybridized carbons (Fsp3) is 0.444. The van der Waals surface area contributed by atoms with Crippen LogP contribution in [0.4, 0.5) is 0 Å². The van der Waals surface area contributed by atoms with Crippen LogP contribution in [0.2, 0.25) is 0 Å². The molecule has 0 nitrogen and oxygen atoms in total. The maximum Gasteiger partial charge on any atom is 4.00 e. The Morgan fingerprint density at radius 3 is 1.74 bits per heavy atom. The predicted molar refractivity (Wildman–Crippen MR) is 80.0 cm³/mol. The molecular weight excluding hydrogens is 307 g/mol. The fourth-order valence-electron chi connectivity index (χ4n) is 3.33. The van der Waals surface area contributed by atoms with E-state index in [-0.39, 0.29) is 29.1 Å². The minimum absolute atomic E-state index is 0. The van der Waals surface area contributed by atoms with Crippen molar-refractivity contribution in [2.45, 2.75) is 38.5 Å². The number of rotatable bonds is 0. The third kappa shape index (κ3) is 3.79. The molecular formula is C18H24Zr. The van der Waals surface area contributed by atoms with Gasteiger partial charge in [-0.05, 0) is 24.7 Å². The zero-order chi connectivity index (χ0) is 12.2. The third-order valence-corrected chi connectivity index (χ3v) is 4.42. The van der Waals surface area contributed by atoms with Crippen LogP contribution in [0.3, 0.4) is 0 Å². The van der Waals surface area contributed by atoms with Gasteiger partial charge in [0.1, 0.15) is 0 Å². The smallest absolute Gasteiger partial charge is 1.00 e. The predicted octanol–water partition coefficient (Wildman–Crippen LogP) is 5.20. The Balaban J connectivity index is 0.000000333. The molecule has 4 aliphatic rings. The van der Waals surface area contributed by atoms with Crippen LogP contribution in [0, 0.1) is 24.7 Å². The average Bonchev–Trinajstić information content (AvgIpc) is 3.08. The van der Waals surface area contributed by atoms with Gasteiger partial charge in [-0.25, -0.2) is 36.1 Å². The Labute approximate surface area is 139 Å². The third-order valence-electron chi connectivity index (χ3n) is 4.42. The molecule has 100 valence electrons. The van der Waals surface area contributed by atoms with Crippen molar-refractivity contribution in [2.24, 2.45) is 11.8 Å². The molecule has 2 fully saturated rings. The molecule has 4 aliphatic carbocycles. The number of allylic oxidation sites excluding steroid dienone is 8. The van der Waals surface area contributed by atoms with Crippen LogP contribution in [0.15, 0.2) is 47.6 Å². The molecule has 2 saturated carbocycles. The van der Waals surface area contributed by atoms with E-state index in [1.165, 1.54) is 38.5 Å². The van der Waals surface area contributed by atoms with Gasteiger partial charge in [0.05, 0.1) is 0 Å². The second kappa shape index (κ2) is 7.39. The topological polar surface area (TPSA) is 0 Å². The van der Waals surface area contributed by atoms with Gasteiger partial charge in [0.15, 0.2) is 0 Å². The summed E-state index contributed by atoms with van der Waals surface area (Å²) < 4.78 is 0. The van der Waals surface area contributed by atoms with Crippen LogP contribution in [0.5, 0.6) is 0 Å². The second-order valence-electron chi connectivity index (χ2n) is 5.62. The van der Waals surface area contributed by atoms with Gasteiger partial charge in [0.25, 0.3) is 0 Å². The summed E-state index contributed by atoms with van der Waals surface area (Å²) in [6.07, 6.45) is 26.1. The first-order chi connectivity index (χ1) is 8.93. The Bertz CT molecular complexity index is 381. The van der Waals surface area contributed by atoms with Crippen LogP contribution >= 0.6 is 0 Å². The van der Waals surface area contributed by atoms with E-state index in [1.54, 1.807) is 11.1 Å². The van der Waals surface area contributed by atoms with E-state index in [0.717, 1.165) is 11.8 Å². The molecule has 1 heteroatoms. The monoisotopic (exact) mass is 330 g/mol. The van der Waals surface area contributed by atoms with E-state index in [4.69, 9.17) is 0 Å². The standard InChI is InChI=1S/2C9H11.Zr.2H/c2*1-2-5-9-7-3-6-8(9)4-1;;;/h2*1-2,4,6,9H,3,5,7H2;;;/q2*-1;+4;2*-1. The van der Waals surface area contributed by atoms with Gasteiger partial charge in [-0.15, -0.1) is 37.1 Å². The summed E-state index contributed by atoms with van der Waals surface area (Å²) in [4.78, 5) is 0. The molecule has 2 atom stereocenters. The van der Waals surface area contributed by atoms with E-state index in [9.17, 15) is 0 Å². The Kier molecular flexibility index (Phi) is 5.83. The first-order valence-corrected chi connectivity index (χ1v) is 7.33. The first kappa shape index (κ1) is 15.0. The van der Waals surface area contributed by atoms with Crippen molar-refractivity contribution in [1.82, 2.24) is 0 Å². The molecule has 2 unspecified atom stereocenters. The molecule has 0 radical (unpaired) electrons. The summed E-state index contributed by atoms with van der Waals surface area (Å²) >= 11 is 0. The van der Waals surface area contributed by atoms with Gasteiger partial charge < -0.3 is 2.85 Å². The maximum atomic E-state index is 2.37. The van der Waals surface area contributed by atoms with Crippen LogP contribution in [0.25, 0.3) is 0 Å². The summed E-state index contributed by atoms with van der Waals surface area (Å²) in [5.41, 5.74) is 3.16. The van der Waals surface area contributed by atoms with Crippen molar-refractivity contribution in [3.05, 3.63) is 60.4 Å². The SMILES string of the molecule is C1=CCC2CC[CH-]C2=C1.C1=CCC2CC[CH-]C2=C1.[H-].[H-].[Zr+4]. The largest absolute Gasteiger partial charge is 4.00 e. The summed E-state index contributed by atoms with van der Waals surface area (Å²) in [5, 5.41) is 0. The minimum atomic E-state index is 0. The van der Waals surface area contributed by atoms with Gasteiger partial charge in [0, 0.05) is 0 Å². The molecule has 0 spiro atoms. The van der Waals surface area contributed by atoms with Crippen LogP contribution in [-0.2, 0) is 26.2 Å². The van der Waals surface area contributed by atoms with Crippen LogP contribution in [-0.4, -0.2) is 0 Å². The van der Waals surface area contributed by atoms with Gasteiger partial charge in [0.2, 0.25) is 0 Å². The van der Waals surface area contributed by atoms with Crippen molar-refractivity contribution in [2.75, 3.05) is 0 Å². The van der Waals surface area contributed by atoms with Crippen molar-refractivity contribution >= 4 is 0 Å². The molecule has 0 aromatic carbocycles. The van der Waals surface area contributed by atoms with E-state index in [1.807, 2.05) is 0 Å². The van der Waals surface area contributed by atoms with Crippen LogP contribution in [0.1, 0.15) is 41.4 Å². The summed E-state index contributed by atoms with van der Waals surface area (Å²) in [5.74, 6) is 1.77. The Morgan fingerprint density at radius 2 is 1.32 bits per heavy atom. The molecule has 0 aromatic heterocycles. The number of hydrogen-bond acceptors (Lipinski definition) is 0. The molecule has 19 heavy (non-hydrogen) atoms. The van der Waals surface area contributed by atoms with E-state index >= 15 is 0 Å². The zero-order valence-corrected chi connectivity index (χ0v) is 14.0. The normalized spacial score (nSPS) is 29.5. The van der Waals surface area contributed by atoms with Gasteiger partial charge in [-0.2, -0.15) is 0 Å². The van der Waals surface area contributed by atoms with Crippen LogP contribution < -0.4 is 0 Å². The number of hydrogen-bond donors (Lipinski definition) is 0.